The second-order valence-electron chi connectivity index (χ2n) is 11.3. The molecule has 0 aliphatic heterocycles. The number of nitrogens with zero attached hydrogens (tertiary/aromatic N) is 1. The number of rotatable bonds is 11. The van der Waals surface area contributed by atoms with Crippen molar-refractivity contribution in [3.05, 3.63) is 71.5 Å². The van der Waals surface area contributed by atoms with E-state index < -0.39 is 41.4 Å². The summed E-state index contributed by atoms with van der Waals surface area (Å²) >= 11 is 0. The van der Waals surface area contributed by atoms with Crippen LogP contribution in [0.2, 0.25) is 0 Å². The van der Waals surface area contributed by atoms with Gasteiger partial charge in [0.25, 0.3) is 0 Å². The second kappa shape index (κ2) is 15.3. The Bertz CT molecular complexity index is 1200. The second-order valence-corrected chi connectivity index (χ2v) is 11.3. The molecule has 1 aliphatic carbocycles. The van der Waals surface area contributed by atoms with Gasteiger partial charge < -0.3 is 24.5 Å². The molecule has 2 amide bonds. The maximum atomic E-state index is 14.0. The van der Waals surface area contributed by atoms with Crippen LogP contribution in [0, 0.1) is 11.7 Å². The lowest BCUT2D eigenvalue weighted by molar-refractivity contribution is -0.148. The van der Waals surface area contributed by atoms with Crippen LogP contribution >= 0.6 is 0 Å². The molecule has 2 N–H and O–H groups in total. The summed E-state index contributed by atoms with van der Waals surface area (Å²) in [6.07, 6.45) is 2.44. The van der Waals surface area contributed by atoms with E-state index in [0.29, 0.717) is 24.0 Å². The van der Waals surface area contributed by atoms with Crippen LogP contribution in [0.4, 0.5) is 9.18 Å². The first-order valence-corrected chi connectivity index (χ1v) is 14.1. The predicted octanol–water partition coefficient (Wildman–Crippen LogP) is 4.18. The number of methoxy groups -OCH3 is 1. The minimum atomic E-state index is -1.11. The van der Waals surface area contributed by atoms with Gasteiger partial charge in [-0.15, -0.1) is 5.48 Å². The highest BCUT2D eigenvalue weighted by Crippen LogP contribution is 2.26. The molecule has 1 saturated carbocycles. The zero-order chi connectivity index (χ0) is 30.7. The van der Waals surface area contributed by atoms with Crippen molar-refractivity contribution in [1.29, 1.82) is 0 Å². The molecule has 0 aromatic heterocycles. The molecule has 2 aromatic rings. The smallest absolute Gasteiger partial charge is 0.408 e. The van der Waals surface area contributed by atoms with E-state index in [1.165, 1.54) is 36.3 Å². The van der Waals surface area contributed by atoms with Crippen LogP contribution < -0.4 is 10.8 Å². The summed E-state index contributed by atoms with van der Waals surface area (Å²) in [5.74, 6) is -2.27. The van der Waals surface area contributed by atoms with Gasteiger partial charge in [-0.3, -0.25) is 9.59 Å². The zero-order valence-electron chi connectivity index (χ0n) is 24.6. The maximum Gasteiger partial charge on any atom is 0.408 e. The highest BCUT2D eigenvalue weighted by Gasteiger charge is 2.34. The van der Waals surface area contributed by atoms with E-state index in [4.69, 9.17) is 14.3 Å². The summed E-state index contributed by atoms with van der Waals surface area (Å²) in [6, 6.07) is 12.8. The molecule has 0 spiro atoms. The number of carbonyl (C=O) groups is 4. The molecule has 11 heteroatoms. The molecule has 2 aromatic carbocycles. The van der Waals surface area contributed by atoms with Gasteiger partial charge in [-0.1, -0.05) is 43.2 Å². The van der Waals surface area contributed by atoms with Crippen LogP contribution in [0.1, 0.15) is 62.4 Å². The van der Waals surface area contributed by atoms with Crippen molar-refractivity contribution in [3.8, 4) is 0 Å². The molecule has 42 heavy (non-hydrogen) atoms. The average molecular weight is 586 g/mol. The molecule has 0 unspecified atom stereocenters. The molecule has 3 rings (SSSR count). The molecule has 0 saturated heterocycles. The number of esters is 1. The lowest BCUT2D eigenvalue weighted by Gasteiger charge is -2.36. The quantitative estimate of drug-likeness (QED) is 0.229. The maximum absolute atomic E-state index is 14.0. The first kappa shape index (κ1) is 32.5. The normalized spacial score (nSPS) is 17.5. The Hall–Kier alpha value is -3.99. The Morgan fingerprint density at radius 3 is 2.31 bits per heavy atom. The van der Waals surface area contributed by atoms with E-state index in [-0.39, 0.29) is 31.5 Å². The molecule has 0 heterocycles. The molecule has 228 valence electrons. The van der Waals surface area contributed by atoms with E-state index >= 15 is 0 Å². The Labute approximate surface area is 245 Å². The lowest BCUT2D eigenvalue weighted by Crippen LogP contribution is -2.54. The van der Waals surface area contributed by atoms with Gasteiger partial charge in [-0.25, -0.2) is 14.0 Å². The largest absolute Gasteiger partial charge is 0.468 e. The SMILES string of the molecule is COC(=O)CN(C[C@@H]1CCCC[C@H]1NOC(=O)c1ccccc1)C(=O)[C@H](Cc1ccc(F)cc1)NC(=O)OC(C)(C)C. The van der Waals surface area contributed by atoms with Crippen molar-refractivity contribution in [3.63, 3.8) is 0 Å². The van der Waals surface area contributed by atoms with Crippen LogP contribution in [-0.2, 0) is 30.3 Å². The average Bonchev–Trinajstić information content (AvgIpc) is 2.96. The van der Waals surface area contributed by atoms with Crippen LogP contribution in [0.5, 0.6) is 0 Å². The highest BCUT2D eigenvalue weighted by atomic mass is 19.1. The number of hydrogen-bond acceptors (Lipinski definition) is 8. The minimum absolute atomic E-state index is 0.0388. The third-order valence-corrected chi connectivity index (χ3v) is 6.88. The Morgan fingerprint density at radius 2 is 1.67 bits per heavy atom. The van der Waals surface area contributed by atoms with Crippen molar-refractivity contribution >= 4 is 23.9 Å². The Morgan fingerprint density at radius 1 is 1.00 bits per heavy atom. The monoisotopic (exact) mass is 585 g/mol. The van der Waals surface area contributed by atoms with Crippen molar-refractivity contribution in [2.24, 2.45) is 5.92 Å². The van der Waals surface area contributed by atoms with Gasteiger partial charge in [0.15, 0.2) is 0 Å². The number of benzene rings is 2. The van der Waals surface area contributed by atoms with Gasteiger partial charge in [0.1, 0.15) is 24.0 Å². The molecule has 0 bridgehead atoms. The summed E-state index contributed by atoms with van der Waals surface area (Å²) < 4.78 is 23.8. The van der Waals surface area contributed by atoms with Crippen LogP contribution in [0.3, 0.4) is 0 Å². The lowest BCUT2D eigenvalue weighted by atomic mass is 9.84. The third-order valence-electron chi connectivity index (χ3n) is 6.88. The van der Waals surface area contributed by atoms with Gasteiger partial charge in [0.2, 0.25) is 5.91 Å². The number of hydrogen-bond donors (Lipinski definition) is 2. The van der Waals surface area contributed by atoms with Crippen molar-refractivity contribution in [2.75, 3.05) is 20.2 Å². The van der Waals surface area contributed by atoms with Crippen molar-refractivity contribution in [1.82, 2.24) is 15.7 Å². The highest BCUT2D eigenvalue weighted by molar-refractivity contribution is 5.89. The van der Waals surface area contributed by atoms with E-state index in [2.05, 4.69) is 10.8 Å². The number of halogens is 1. The number of nitrogens with one attached hydrogen (secondary N) is 2. The molecular weight excluding hydrogens is 545 g/mol. The topological polar surface area (TPSA) is 123 Å². The van der Waals surface area contributed by atoms with Gasteiger partial charge in [0, 0.05) is 19.0 Å². The fourth-order valence-corrected chi connectivity index (χ4v) is 4.81. The van der Waals surface area contributed by atoms with Crippen molar-refractivity contribution in [2.45, 2.75) is 70.6 Å². The molecule has 0 radical (unpaired) electrons. The van der Waals surface area contributed by atoms with Gasteiger partial charge >= 0.3 is 18.0 Å². The summed E-state index contributed by atoms with van der Waals surface area (Å²) in [6.45, 7) is 4.90. The Balaban J connectivity index is 1.80. The molecule has 3 atom stereocenters. The number of hydroxylamine groups is 1. The fourth-order valence-electron chi connectivity index (χ4n) is 4.81. The number of alkyl carbamates (subject to hydrolysis) is 1. The summed E-state index contributed by atoms with van der Waals surface area (Å²) in [5, 5.41) is 2.63. The number of ether oxygens (including phenoxy) is 2. The summed E-state index contributed by atoms with van der Waals surface area (Å²) in [4.78, 5) is 58.3. The Kier molecular flexibility index (Phi) is 11.8. The molecule has 10 nitrogen and oxygen atoms in total. The molecular formula is C31H40FN3O7. The van der Waals surface area contributed by atoms with Gasteiger partial charge in [-0.2, -0.15) is 0 Å². The van der Waals surface area contributed by atoms with Gasteiger partial charge in [-0.05, 0) is 69.4 Å². The molecule has 1 fully saturated rings. The summed E-state index contributed by atoms with van der Waals surface area (Å²) in [5.41, 5.74) is 3.08. The first-order chi connectivity index (χ1) is 19.9. The van der Waals surface area contributed by atoms with Crippen molar-refractivity contribution < 1.29 is 37.9 Å². The minimum Gasteiger partial charge on any atom is -0.468 e. The zero-order valence-corrected chi connectivity index (χ0v) is 24.6. The standard InChI is InChI=1S/C31H40FN3O7/c1-31(2,3)41-30(39)33-26(18-21-14-16-24(32)17-15-21)28(37)35(20-27(36)40-4)19-23-12-8-9-13-25(23)34-42-29(38)22-10-6-5-7-11-22/h5-7,10-11,14-17,23,25-26,34H,8-9,12-13,18-20H2,1-4H3,(H,33,39)/t23-,25+,26-/m0/s1. The van der Waals surface area contributed by atoms with E-state index in [0.717, 1.165) is 12.8 Å². The van der Waals surface area contributed by atoms with E-state index in [1.807, 2.05) is 0 Å². The third kappa shape index (κ3) is 10.4. The van der Waals surface area contributed by atoms with Crippen LogP contribution in [0.15, 0.2) is 54.6 Å². The van der Waals surface area contributed by atoms with E-state index in [1.54, 1.807) is 51.1 Å². The van der Waals surface area contributed by atoms with E-state index in [9.17, 15) is 23.6 Å². The fraction of sp³-hybridized carbons (Fsp3) is 0.484. The summed E-state index contributed by atoms with van der Waals surface area (Å²) in [7, 11) is 1.23. The number of carbonyl (C=O) groups excluding carboxylic acids is 4. The first-order valence-electron chi connectivity index (χ1n) is 14.1. The molecule has 1 aliphatic rings. The predicted molar refractivity (Wildman–Crippen MR) is 153 cm³/mol. The van der Waals surface area contributed by atoms with Crippen LogP contribution in [0.25, 0.3) is 0 Å². The van der Waals surface area contributed by atoms with Gasteiger partial charge in [0.05, 0.1) is 12.7 Å². The number of amides is 2. The van der Waals surface area contributed by atoms with Crippen LogP contribution in [-0.4, -0.2) is 66.7 Å².